The van der Waals surface area contributed by atoms with Gasteiger partial charge in [0.2, 0.25) is 0 Å². The molecule has 0 aliphatic carbocycles. The summed E-state index contributed by atoms with van der Waals surface area (Å²) in [4.78, 5) is 10.2. The fourth-order valence-corrected chi connectivity index (χ4v) is 7.32. The maximum atomic E-state index is 6.34. The molecule has 0 bridgehead atoms. The molecule has 0 saturated heterocycles. The third-order valence-electron chi connectivity index (χ3n) is 9.69. The molecule has 0 aliphatic rings. The number of benzene rings is 8. The molecule has 10 aromatic rings. The van der Waals surface area contributed by atoms with Gasteiger partial charge in [-0.05, 0) is 56.1 Å². The Morgan fingerprint density at radius 3 is 1.57 bits per heavy atom. The first kappa shape index (κ1) is 27.5. The number of para-hydroxylation sites is 2. The second-order valence-electron chi connectivity index (χ2n) is 12.5. The summed E-state index contributed by atoms with van der Waals surface area (Å²) in [5.74, 6) is 0.702. The van der Waals surface area contributed by atoms with Gasteiger partial charge < -0.3 is 4.42 Å². The molecule has 0 unspecified atom stereocenters. The molecule has 10 rings (SSSR count). The molecule has 228 valence electrons. The van der Waals surface area contributed by atoms with Crippen LogP contribution in [0, 0.1) is 0 Å². The zero-order valence-corrected chi connectivity index (χ0v) is 26.5. The summed E-state index contributed by atoms with van der Waals surface area (Å²) < 4.78 is 6.34. The van der Waals surface area contributed by atoms with Crippen LogP contribution in [0.4, 0.5) is 0 Å². The monoisotopic (exact) mass is 624 g/mol. The normalized spacial score (nSPS) is 11.7. The summed E-state index contributed by atoms with van der Waals surface area (Å²) >= 11 is 0. The van der Waals surface area contributed by atoms with Crippen molar-refractivity contribution in [1.29, 1.82) is 0 Å². The van der Waals surface area contributed by atoms with Crippen LogP contribution in [-0.4, -0.2) is 9.97 Å². The summed E-state index contributed by atoms with van der Waals surface area (Å²) in [5.41, 5.74) is 8.81. The summed E-state index contributed by atoms with van der Waals surface area (Å²) in [7, 11) is 0. The van der Waals surface area contributed by atoms with Gasteiger partial charge in [0, 0.05) is 33.0 Å². The number of furan rings is 1. The maximum absolute atomic E-state index is 6.34. The zero-order chi connectivity index (χ0) is 32.3. The van der Waals surface area contributed by atoms with Crippen LogP contribution in [0.15, 0.2) is 174 Å². The Morgan fingerprint density at radius 1 is 0.327 bits per heavy atom. The third-order valence-corrected chi connectivity index (χ3v) is 9.69. The van der Waals surface area contributed by atoms with Crippen molar-refractivity contribution in [3.05, 3.63) is 170 Å². The maximum Gasteiger partial charge on any atom is 0.160 e. The highest BCUT2D eigenvalue weighted by Gasteiger charge is 2.15. The lowest BCUT2D eigenvalue weighted by Crippen LogP contribution is -1.96. The van der Waals surface area contributed by atoms with Gasteiger partial charge in [-0.1, -0.05) is 152 Å². The van der Waals surface area contributed by atoms with Gasteiger partial charge in [0.1, 0.15) is 11.2 Å². The lowest BCUT2D eigenvalue weighted by atomic mass is 9.92. The van der Waals surface area contributed by atoms with E-state index >= 15 is 0 Å². The Balaban J connectivity index is 1.13. The van der Waals surface area contributed by atoms with Crippen molar-refractivity contribution >= 4 is 54.3 Å². The second-order valence-corrected chi connectivity index (χ2v) is 12.5. The van der Waals surface area contributed by atoms with E-state index in [1.807, 2.05) is 30.3 Å². The second kappa shape index (κ2) is 11.0. The molecule has 8 aromatic carbocycles. The number of rotatable bonds is 4. The molecule has 0 spiro atoms. The zero-order valence-electron chi connectivity index (χ0n) is 26.5. The van der Waals surface area contributed by atoms with Gasteiger partial charge in [0.25, 0.3) is 0 Å². The van der Waals surface area contributed by atoms with Gasteiger partial charge in [0.15, 0.2) is 5.82 Å². The van der Waals surface area contributed by atoms with E-state index in [4.69, 9.17) is 14.4 Å². The number of aromatic nitrogens is 2. The fraction of sp³-hybridized carbons (Fsp3) is 0. The van der Waals surface area contributed by atoms with Gasteiger partial charge in [0.05, 0.1) is 11.4 Å². The van der Waals surface area contributed by atoms with Crippen molar-refractivity contribution in [2.75, 3.05) is 0 Å². The SMILES string of the molecule is c1ccc(-c2nc(-c3ccc(-c4cccc5c4oc4ccccc45)cc3)cc(-c3ccc4c5ccccc5c5ccccc5c4c3)n2)cc1. The number of fused-ring (bicyclic) bond motifs is 9. The van der Waals surface area contributed by atoms with Crippen LogP contribution in [0.1, 0.15) is 0 Å². The molecule has 0 aliphatic heterocycles. The first-order valence-corrected chi connectivity index (χ1v) is 16.6. The van der Waals surface area contributed by atoms with Crippen LogP contribution < -0.4 is 0 Å². The first-order chi connectivity index (χ1) is 24.3. The molecule has 0 atom stereocenters. The van der Waals surface area contributed by atoms with E-state index in [1.54, 1.807) is 0 Å². The minimum Gasteiger partial charge on any atom is -0.455 e. The van der Waals surface area contributed by atoms with E-state index in [2.05, 4.69) is 140 Å². The standard InChI is InChI=1S/C46H28N2O/c1-2-11-31(12-3-1)46-47-42(30-23-21-29(22-24-30)33-18-10-19-40-39-17-8-9-20-44(39)49-45(33)40)28-43(48-46)32-25-26-38-36-15-5-4-13-34(36)35-14-6-7-16-37(35)41(38)27-32/h1-28H. The molecule has 3 heteroatoms. The molecule has 0 saturated carbocycles. The summed E-state index contributed by atoms with van der Waals surface area (Å²) in [6.45, 7) is 0. The quantitative estimate of drug-likeness (QED) is 0.183. The van der Waals surface area contributed by atoms with Crippen LogP contribution in [-0.2, 0) is 0 Å². The Morgan fingerprint density at radius 2 is 0.857 bits per heavy atom. The summed E-state index contributed by atoms with van der Waals surface area (Å²) in [6, 6.07) is 59.6. The lowest BCUT2D eigenvalue weighted by molar-refractivity contribution is 0.670. The van der Waals surface area contributed by atoms with Crippen molar-refractivity contribution in [2.24, 2.45) is 0 Å². The van der Waals surface area contributed by atoms with E-state index in [0.29, 0.717) is 5.82 Å². The predicted octanol–water partition coefficient (Wildman–Crippen LogP) is 12.5. The highest BCUT2D eigenvalue weighted by molar-refractivity contribution is 6.25. The molecule has 0 fully saturated rings. The third kappa shape index (κ3) is 4.51. The topological polar surface area (TPSA) is 38.9 Å². The van der Waals surface area contributed by atoms with E-state index < -0.39 is 0 Å². The van der Waals surface area contributed by atoms with Crippen molar-refractivity contribution in [3.63, 3.8) is 0 Å². The highest BCUT2D eigenvalue weighted by atomic mass is 16.3. The molecular formula is C46H28N2O. The fourth-order valence-electron chi connectivity index (χ4n) is 7.32. The van der Waals surface area contributed by atoms with Crippen LogP contribution in [0.5, 0.6) is 0 Å². The minimum absolute atomic E-state index is 0.702. The first-order valence-electron chi connectivity index (χ1n) is 16.6. The Kier molecular flexibility index (Phi) is 6.18. The van der Waals surface area contributed by atoms with Gasteiger partial charge in [-0.3, -0.25) is 0 Å². The van der Waals surface area contributed by atoms with Crippen LogP contribution in [0.25, 0.3) is 99.3 Å². The molecule has 0 amide bonds. The van der Waals surface area contributed by atoms with Crippen molar-refractivity contribution in [1.82, 2.24) is 9.97 Å². The molecule has 2 heterocycles. The van der Waals surface area contributed by atoms with Gasteiger partial charge in [-0.25, -0.2) is 9.97 Å². The molecule has 0 N–H and O–H groups in total. The van der Waals surface area contributed by atoms with Crippen LogP contribution in [0.3, 0.4) is 0 Å². The molecule has 2 aromatic heterocycles. The van der Waals surface area contributed by atoms with E-state index in [0.717, 1.165) is 61.1 Å². The lowest BCUT2D eigenvalue weighted by Gasteiger charge is -2.13. The highest BCUT2D eigenvalue weighted by Crippen LogP contribution is 2.39. The van der Waals surface area contributed by atoms with Crippen molar-refractivity contribution < 1.29 is 4.42 Å². The summed E-state index contributed by atoms with van der Waals surface area (Å²) in [6.07, 6.45) is 0. The molecule has 0 radical (unpaired) electrons. The number of hydrogen-bond donors (Lipinski definition) is 0. The molecule has 49 heavy (non-hydrogen) atoms. The Hall–Kier alpha value is -6.58. The van der Waals surface area contributed by atoms with Gasteiger partial charge >= 0.3 is 0 Å². The van der Waals surface area contributed by atoms with E-state index in [9.17, 15) is 0 Å². The largest absolute Gasteiger partial charge is 0.455 e. The Labute approximate surface area is 282 Å². The molecular weight excluding hydrogens is 597 g/mol. The predicted molar refractivity (Wildman–Crippen MR) is 204 cm³/mol. The van der Waals surface area contributed by atoms with Gasteiger partial charge in [-0.2, -0.15) is 0 Å². The number of nitrogens with zero attached hydrogens (tertiary/aromatic N) is 2. The van der Waals surface area contributed by atoms with Crippen molar-refractivity contribution in [2.45, 2.75) is 0 Å². The summed E-state index contributed by atoms with van der Waals surface area (Å²) in [5, 5.41) is 9.75. The molecule has 3 nitrogen and oxygen atoms in total. The average Bonchev–Trinajstić information content (AvgIpc) is 3.57. The van der Waals surface area contributed by atoms with Crippen LogP contribution in [0.2, 0.25) is 0 Å². The van der Waals surface area contributed by atoms with Gasteiger partial charge in [-0.15, -0.1) is 0 Å². The smallest absolute Gasteiger partial charge is 0.160 e. The number of hydrogen-bond acceptors (Lipinski definition) is 3. The van der Waals surface area contributed by atoms with Crippen LogP contribution >= 0.6 is 0 Å². The van der Waals surface area contributed by atoms with Crippen molar-refractivity contribution in [3.8, 4) is 45.0 Å². The Bertz CT molecular complexity index is 2830. The van der Waals surface area contributed by atoms with E-state index in [1.165, 1.54) is 32.3 Å². The van der Waals surface area contributed by atoms with E-state index in [-0.39, 0.29) is 0 Å². The minimum atomic E-state index is 0.702. The average molecular weight is 625 g/mol.